The van der Waals surface area contributed by atoms with E-state index in [9.17, 15) is 12.8 Å². The Balaban J connectivity index is 2.01. The topological polar surface area (TPSA) is 76.7 Å². The van der Waals surface area contributed by atoms with E-state index in [1.807, 2.05) is 0 Å². The van der Waals surface area contributed by atoms with Crippen molar-refractivity contribution >= 4 is 31.5 Å². The average Bonchev–Trinajstić information content (AvgIpc) is 2.74. The zero-order valence-corrected chi connectivity index (χ0v) is 18.6. The first-order valence-electron chi connectivity index (χ1n) is 9.20. The molecule has 0 spiro atoms. The van der Waals surface area contributed by atoms with E-state index in [4.69, 9.17) is 9.47 Å². The van der Waals surface area contributed by atoms with Gasteiger partial charge in [0, 0.05) is 23.0 Å². The standard InChI is InChI=1S/C20H24BrFN2O4S/c1-27-18-6-4-15(10-17(18)24-16-7-8-23-12-13(16)11-22)29(25,26)20-9-14(21)3-5-19(20)28-2/h3-6,9-10,13,16,23-24H,7-8,11-12H2,1-2H3. The molecule has 0 aromatic heterocycles. The predicted molar refractivity (Wildman–Crippen MR) is 114 cm³/mol. The monoisotopic (exact) mass is 486 g/mol. The van der Waals surface area contributed by atoms with Crippen molar-refractivity contribution in [2.75, 3.05) is 39.3 Å². The maximum atomic E-state index is 13.4. The molecular formula is C20H24BrFN2O4S. The number of alkyl halides is 1. The molecule has 0 amide bonds. The van der Waals surface area contributed by atoms with Gasteiger partial charge in [-0.05, 0) is 49.4 Å². The molecule has 2 aromatic rings. The molecule has 0 aliphatic carbocycles. The summed E-state index contributed by atoms with van der Waals surface area (Å²) in [6.07, 6.45) is 0.730. The molecule has 2 N–H and O–H groups in total. The highest BCUT2D eigenvalue weighted by Gasteiger charge is 2.28. The van der Waals surface area contributed by atoms with Gasteiger partial charge < -0.3 is 20.1 Å². The van der Waals surface area contributed by atoms with Crippen LogP contribution in [-0.2, 0) is 9.84 Å². The van der Waals surface area contributed by atoms with Crippen molar-refractivity contribution in [3.05, 3.63) is 40.9 Å². The van der Waals surface area contributed by atoms with Crippen molar-refractivity contribution in [1.29, 1.82) is 0 Å². The molecule has 158 valence electrons. The summed E-state index contributed by atoms with van der Waals surface area (Å²) in [6.45, 7) is 0.883. The van der Waals surface area contributed by atoms with Crippen LogP contribution in [0.5, 0.6) is 11.5 Å². The number of anilines is 1. The molecule has 0 bridgehead atoms. The lowest BCUT2D eigenvalue weighted by atomic mass is 9.94. The number of hydrogen-bond acceptors (Lipinski definition) is 6. The molecule has 6 nitrogen and oxygen atoms in total. The minimum absolute atomic E-state index is 0.0639. The number of piperidine rings is 1. The molecule has 1 heterocycles. The maximum Gasteiger partial charge on any atom is 0.210 e. The Kier molecular flexibility index (Phi) is 7.02. The van der Waals surface area contributed by atoms with Crippen LogP contribution in [0.25, 0.3) is 0 Å². The van der Waals surface area contributed by atoms with Gasteiger partial charge in [0.1, 0.15) is 16.4 Å². The van der Waals surface area contributed by atoms with Crippen LogP contribution < -0.4 is 20.1 Å². The lowest BCUT2D eigenvalue weighted by molar-refractivity contribution is 0.273. The van der Waals surface area contributed by atoms with Crippen LogP contribution in [-0.4, -0.2) is 48.4 Å². The van der Waals surface area contributed by atoms with Crippen LogP contribution in [0.1, 0.15) is 6.42 Å². The van der Waals surface area contributed by atoms with Gasteiger partial charge >= 0.3 is 0 Å². The molecule has 1 saturated heterocycles. The van der Waals surface area contributed by atoms with Gasteiger partial charge in [-0.15, -0.1) is 0 Å². The van der Waals surface area contributed by atoms with Gasteiger partial charge in [-0.25, -0.2) is 8.42 Å². The Morgan fingerprint density at radius 2 is 1.90 bits per heavy atom. The highest BCUT2D eigenvalue weighted by Crippen LogP contribution is 2.36. The number of rotatable bonds is 7. The van der Waals surface area contributed by atoms with E-state index in [-0.39, 0.29) is 27.5 Å². The second-order valence-corrected chi connectivity index (χ2v) is 9.65. The molecule has 1 aliphatic rings. The Labute approximate surface area is 178 Å². The predicted octanol–water partition coefficient (Wildman–Crippen LogP) is 3.66. The maximum absolute atomic E-state index is 13.4. The fraction of sp³-hybridized carbons (Fsp3) is 0.400. The average molecular weight is 487 g/mol. The van der Waals surface area contributed by atoms with E-state index >= 15 is 0 Å². The van der Waals surface area contributed by atoms with Gasteiger partial charge in [0.15, 0.2) is 0 Å². The van der Waals surface area contributed by atoms with Gasteiger partial charge in [-0.1, -0.05) is 15.9 Å². The third-order valence-corrected chi connectivity index (χ3v) is 7.31. The number of methoxy groups -OCH3 is 2. The van der Waals surface area contributed by atoms with Crippen LogP contribution in [0.4, 0.5) is 10.1 Å². The van der Waals surface area contributed by atoms with E-state index in [1.165, 1.54) is 32.4 Å². The normalized spacial score (nSPS) is 19.6. The smallest absolute Gasteiger partial charge is 0.210 e. The second-order valence-electron chi connectivity index (χ2n) is 6.82. The second kappa shape index (κ2) is 9.32. The third-order valence-electron chi connectivity index (χ3n) is 5.04. The Morgan fingerprint density at radius 3 is 2.59 bits per heavy atom. The summed E-state index contributed by atoms with van der Waals surface area (Å²) in [5.74, 6) is 0.564. The molecule has 1 fully saturated rings. The van der Waals surface area contributed by atoms with E-state index < -0.39 is 16.5 Å². The fourth-order valence-corrected chi connectivity index (χ4v) is 5.41. The van der Waals surface area contributed by atoms with Crippen LogP contribution in [0, 0.1) is 5.92 Å². The number of benzene rings is 2. The fourth-order valence-electron chi connectivity index (χ4n) is 3.43. The molecule has 0 saturated carbocycles. The van der Waals surface area contributed by atoms with Crippen molar-refractivity contribution in [1.82, 2.24) is 5.32 Å². The molecule has 9 heteroatoms. The summed E-state index contributed by atoms with van der Waals surface area (Å²) in [5, 5.41) is 6.48. The largest absolute Gasteiger partial charge is 0.495 e. The zero-order chi connectivity index (χ0) is 21.0. The van der Waals surface area contributed by atoms with E-state index in [1.54, 1.807) is 18.2 Å². The first-order valence-corrected chi connectivity index (χ1v) is 11.5. The number of nitrogens with one attached hydrogen (secondary N) is 2. The summed E-state index contributed by atoms with van der Waals surface area (Å²) in [7, 11) is -0.906. The van der Waals surface area contributed by atoms with Crippen molar-refractivity contribution in [3.8, 4) is 11.5 Å². The summed E-state index contributed by atoms with van der Waals surface area (Å²) >= 11 is 3.31. The summed E-state index contributed by atoms with van der Waals surface area (Å²) in [5.41, 5.74) is 0.521. The van der Waals surface area contributed by atoms with Gasteiger partial charge in [0.2, 0.25) is 9.84 Å². The van der Waals surface area contributed by atoms with Crippen molar-refractivity contribution < 1.29 is 22.3 Å². The minimum Gasteiger partial charge on any atom is -0.495 e. The van der Waals surface area contributed by atoms with E-state index in [0.29, 0.717) is 22.5 Å². The van der Waals surface area contributed by atoms with Gasteiger partial charge in [0.25, 0.3) is 0 Å². The molecular weight excluding hydrogens is 463 g/mol. The molecule has 2 unspecified atom stereocenters. The number of ether oxygens (including phenoxy) is 2. The first kappa shape index (κ1) is 21.9. The zero-order valence-electron chi connectivity index (χ0n) is 16.2. The lowest BCUT2D eigenvalue weighted by Crippen LogP contribution is -2.44. The molecule has 0 radical (unpaired) electrons. The lowest BCUT2D eigenvalue weighted by Gasteiger charge is -2.32. The van der Waals surface area contributed by atoms with E-state index in [2.05, 4.69) is 26.6 Å². The van der Waals surface area contributed by atoms with Crippen molar-refractivity contribution in [2.24, 2.45) is 5.92 Å². The van der Waals surface area contributed by atoms with Gasteiger partial charge in [-0.3, -0.25) is 4.39 Å². The summed E-state index contributed by atoms with van der Waals surface area (Å²) in [4.78, 5) is 0.164. The summed E-state index contributed by atoms with van der Waals surface area (Å²) < 4.78 is 51.2. The Hall–Kier alpha value is -1.84. The summed E-state index contributed by atoms with van der Waals surface area (Å²) in [6, 6.07) is 9.34. The number of sulfone groups is 1. The van der Waals surface area contributed by atoms with E-state index in [0.717, 1.165) is 13.0 Å². The highest BCUT2D eigenvalue weighted by atomic mass is 79.9. The highest BCUT2D eigenvalue weighted by molar-refractivity contribution is 9.10. The van der Waals surface area contributed by atoms with Crippen LogP contribution in [0.15, 0.2) is 50.7 Å². The first-order chi connectivity index (χ1) is 13.9. The molecule has 2 aromatic carbocycles. The van der Waals surface area contributed by atoms with Gasteiger partial charge in [0.05, 0.1) is 31.5 Å². The molecule has 29 heavy (non-hydrogen) atoms. The minimum atomic E-state index is -3.85. The van der Waals surface area contributed by atoms with Crippen molar-refractivity contribution in [3.63, 3.8) is 0 Å². The third kappa shape index (κ3) is 4.67. The molecule has 1 aliphatic heterocycles. The van der Waals surface area contributed by atoms with Crippen LogP contribution >= 0.6 is 15.9 Å². The Bertz CT molecular complexity index is 971. The SMILES string of the molecule is COc1ccc(S(=O)(=O)c2cc(Br)ccc2OC)cc1NC1CCNCC1CF. The van der Waals surface area contributed by atoms with Crippen LogP contribution in [0.3, 0.4) is 0 Å². The quantitative estimate of drug-likeness (QED) is 0.621. The van der Waals surface area contributed by atoms with Crippen molar-refractivity contribution in [2.45, 2.75) is 22.3 Å². The number of halogens is 2. The Morgan fingerprint density at radius 1 is 1.17 bits per heavy atom. The number of hydrogen-bond donors (Lipinski definition) is 2. The van der Waals surface area contributed by atoms with Gasteiger partial charge in [-0.2, -0.15) is 0 Å². The molecule has 3 rings (SSSR count). The molecule has 2 atom stereocenters. The van der Waals surface area contributed by atoms with Crippen LogP contribution in [0.2, 0.25) is 0 Å².